The Kier molecular flexibility index (Phi) is 5.80. The van der Waals surface area contributed by atoms with Gasteiger partial charge in [-0.2, -0.15) is 0 Å². The second kappa shape index (κ2) is 7.14. The summed E-state index contributed by atoms with van der Waals surface area (Å²) in [5.74, 6) is 1.73. The molecule has 1 rings (SSSR count). The number of hydrogen-bond donors (Lipinski definition) is 2. The monoisotopic (exact) mass is 239 g/mol. The van der Waals surface area contributed by atoms with E-state index in [0.717, 1.165) is 35.6 Å². The highest BCUT2D eigenvalue weighted by atomic mass is 16.5. The van der Waals surface area contributed by atoms with E-state index in [1.807, 2.05) is 19.1 Å². The minimum atomic E-state index is 0.210. The van der Waals surface area contributed by atoms with E-state index in [1.54, 1.807) is 14.2 Å². The fraction of sp³-hybridized carbons (Fsp3) is 0.538. The lowest BCUT2D eigenvalue weighted by molar-refractivity contribution is 0.286. The van der Waals surface area contributed by atoms with Crippen molar-refractivity contribution in [3.63, 3.8) is 0 Å². The number of ether oxygens (including phenoxy) is 2. The summed E-state index contributed by atoms with van der Waals surface area (Å²) in [6.07, 6.45) is 0.755. The van der Waals surface area contributed by atoms with Gasteiger partial charge in [0.2, 0.25) is 0 Å². The van der Waals surface area contributed by atoms with E-state index in [9.17, 15) is 0 Å². The van der Waals surface area contributed by atoms with Gasteiger partial charge in [-0.3, -0.25) is 0 Å². The van der Waals surface area contributed by atoms with Crippen molar-refractivity contribution in [1.82, 2.24) is 5.32 Å². The van der Waals surface area contributed by atoms with Crippen LogP contribution in [-0.4, -0.2) is 32.5 Å². The smallest absolute Gasteiger partial charge is 0.123 e. The first-order valence-corrected chi connectivity index (χ1v) is 5.76. The quantitative estimate of drug-likeness (QED) is 0.708. The molecule has 4 heteroatoms. The lowest BCUT2D eigenvalue weighted by Gasteiger charge is -2.13. The van der Waals surface area contributed by atoms with E-state index in [2.05, 4.69) is 5.32 Å². The topological polar surface area (TPSA) is 50.7 Å². The summed E-state index contributed by atoms with van der Waals surface area (Å²) in [4.78, 5) is 0. The van der Waals surface area contributed by atoms with Gasteiger partial charge in [0.05, 0.1) is 14.2 Å². The van der Waals surface area contributed by atoms with Crippen molar-refractivity contribution in [1.29, 1.82) is 0 Å². The molecular weight excluding hydrogens is 218 g/mol. The number of nitrogens with one attached hydrogen (secondary N) is 1. The molecule has 0 aromatic heterocycles. The van der Waals surface area contributed by atoms with E-state index in [-0.39, 0.29) is 6.61 Å². The van der Waals surface area contributed by atoms with Crippen LogP contribution in [0.4, 0.5) is 0 Å². The van der Waals surface area contributed by atoms with E-state index in [0.29, 0.717) is 6.54 Å². The van der Waals surface area contributed by atoms with Crippen molar-refractivity contribution in [3.05, 3.63) is 23.3 Å². The van der Waals surface area contributed by atoms with Gasteiger partial charge in [-0.15, -0.1) is 0 Å². The second-order valence-corrected chi connectivity index (χ2v) is 3.89. The Labute approximate surface area is 103 Å². The largest absolute Gasteiger partial charge is 0.496 e. The molecule has 17 heavy (non-hydrogen) atoms. The fourth-order valence-electron chi connectivity index (χ4n) is 1.68. The molecule has 0 aliphatic carbocycles. The van der Waals surface area contributed by atoms with Crippen molar-refractivity contribution in [3.8, 4) is 11.5 Å². The van der Waals surface area contributed by atoms with Crippen molar-refractivity contribution in [2.24, 2.45) is 0 Å². The molecule has 4 nitrogen and oxygen atoms in total. The predicted octanol–water partition coefficient (Wildman–Crippen LogP) is 1.48. The van der Waals surface area contributed by atoms with Crippen LogP contribution >= 0.6 is 0 Å². The van der Waals surface area contributed by atoms with Crippen molar-refractivity contribution in [2.45, 2.75) is 19.9 Å². The van der Waals surface area contributed by atoms with Crippen molar-refractivity contribution in [2.75, 3.05) is 27.4 Å². The Morgan fingerprint density at radius 3 is 2.47 bits per heavy atom. The average Bonchev–Trinajstić information content (AvgIpc) is 2.35. The van der Waals surface area contributed by atoms with Crippen molar-refractivity contribution >= 4 is 0 Å². The number of aryl methyl sites for hydroxylation is 1. The Bertz CT molecular complexity index is 353. The molecule has 1 aromatic carbocycles. The zero-order chi connectivity index (χ0) is 12.7. The van der Waals surface area contributed by atoms with Crippen LogP contribution in [0.15, 0.2) is 12.1 Å². The summed E-state index contributed by atoms with van der Waals surface area (Å²) >= 11 is 0. The highest BCUT2D eigenvalue weighted by Gasteiger charge is 2.07. The summed E-state index contributed by atoms with van der Waals surface area (Å²) in [7, 11) is 3.33. The molecule has 0 saturated carbocycles. The molecule has 0 spiro atoms. The van der Waals surface area contributed by atoms with Gasteiger partial charge in [-0.05, 0) is 37.6 Å². The summed E-state index contributed by atoms with van der Waals surface area (Å²) < 4.78 is 10.6. The maximum atomic E-state index is 8.70. The summed E-state index contributed by atoms with van der Waals surface area (Å²) in [6.45, 7) is 3.70. The Morgan fingerprint density at radius 1 is 1.18 bits per heavy atom. The first kappa shape index (κ1) is 13.8. The molecule has 0 saturated heterocycles. The Balaban J connectivity index is 2.74. The molecule has 0 amide bonds. The normalized spacial score (nSPS) is 10.4. The number of aliphatic hydroxyl groups excluding tert-OH is 1. The van der Waals surface area contributed by atoms with Crippen LogP contribution in [0.2, 0.25) is 0 Å². The summed E-state index contributed by atoms with van der Waals surface area (Å²) in [6, 6.07) is 3.96. The Morgan fingerprint density at radius 2 is 1.88 bits per heavy atom. The third kappa shape index (κ3) is 3.91. The van der Waals surface area contributed by atoms with Crippen LogP contribution in [0, 0.1) is 6.92 Å². The molecule has 2 N–H and O–H groups in total. The summed E-state index contributed by atoms with van der Waals surface area (Å²) in [5.41, 5.74) is 2.12. The summed E-state index contributed by atoms with van der Waals surface area (Å²) in [5, 5.41) is 12.0. The van der Waals surface area contributed by atoms with Crippen LogP contribution in [0.5, 0.6) is 11.5 Å². The third-order valence-corrected chi connectivity index (χ3v) is 2.63. The van der Waals surface area contributed by atoms with E-state index < -0.39 is 0 Å². The number of benzene rings is 1. The van der Waals surface area contributed by atoms with Crippen LogP contribution < -0.4 is 14.8 Å². The molecule has 0 aliphatic heterocycles. The molecule has 0 bridgehead atoms. The van der Waals surface area contributed by atoms with Crippen LogP contribution in [0.3, 0.4) is 0 Å². The van der Waals surface area contributed by atoms with Gasteiger partial charge in [0.25, 0.3) is 0 Å². The van der Waals surface area contributed by atoms with E-state index in [4.69, 9.17) is 14.6 Å². The van der Waals surface area contributed by atoms with Gasteiger partial charge in [0.1, 0.15) is 11.5 Å². The standard InChI is InChI=1S/C13H21NO3/c1-10-7-13(17-3)11(8-12(10)16-2)9-14-5-4-6-15/h7-8,14-15H,4-6,9H2,1-3H3. The van der Waals surface area contributed by atoms with Gasteiger partial charge in [-0.25, -0.2) is 0 Å². The van der Waals surface area contributed by atoms with Crippen LogP contribution in [-0.2, 0) is 6.54 Å². The average molecular weight is 239 g/mol. The van der Waals surface area contributed by atoms with Gasteiger partial charge >= 0.3 is 0 Å². The molecule has 0 heterocycles. The van der Waals surface area contributed by atoms with Gasteiger partial charge in [-0.1, -0.05) is 0 Å². The fourth-order valence-corrected chi connectivity index (χ4v) is 1.68. The van der Waals surface area contributed by atoms with Gasteiger partial charge in [0.15, 0.2) is 0 Å². The van der Waals surface area contributed by atoms with Crippen molar-refractivity contribution < 1.29 is 14.6 Å². The lowest BCUT2D eigenvalue weighted by Crippen LogP contribution is -2.16. The third-order valence-electron chi connectivity index (χ3n) is 2.63. The number of hydrogen-bond acceptors (Lipinski definition) is 4. The number of aliphatic hydroxyl groups is 1. The predicted molar refractivity (Wildman–Crippen MR) is 67.7 cm³/mol. The molecule has 0 unspecified atom stereocenters. The van der Waals surface area contributed by atoms with Gasteiger partial charge in [0, 0.05) is 18.7 Å². The first-order valence-electron chi connectivity index (χ1n) is 5.76. The van der Waals surface area contributed by atoms with Crippen LogP contribution in [0.1, 0.15) is 17.5 Å². The second-order valence-electron chi connectivity index (χ2n) is 3.89. The SMILES string of the molecule is COc1cc(CNCCCO)c(OC)cc1C. The molecule has 0 fully saturated rings. The van der Waals surface area contributed by atoms with Crippen LogP contribution in [0.25, 0.3) is 0 Å². The number of rotatable bonds is 7. The minimum absolute atomic E-state index is 0.210. The van der Waals surface area contributed by atoms with Gasteiger partial charge < -0.3 is 19.9 Å². The Hall–Kier alpha value is -1.26. The zero-order valence-electron chi connectivity index (χ0n) is 10.7. The molecule has 0 radical (unpaired) electrons. The molecule has 0 atom stereocenters. The lowest BCUT2D eigenvalue weighted by atomic mass is 10.1. The molecule has 1 aromatic rings. The highest BCUT2D eigenvalue weighted by Crippen LogP contribution is 2.27. The first-order chi connectivity index (χ1) is 8.22. The maximum Gasteiger partial charge on any atom is 0.123 e. The van der Waals surface area contributed by atoms with E-state index >= 15 is 0 Å². The number of methoxy groups -OCH3 is 2. The zero-order valence-corrected chi connectivity index (χ0v) is 10.7. The maximum absolute atomic E-state index is 8.70. The molecule has 0 aliphatic rings. The molecule has 96 valence electrons. The van der Waals surface area contributed by atoms with E-state index in [1.165, 1.54) is 0 Å². The minimum Gasteiger partial charge on any atom is -0.496 e. The highest BCUT2D eigenvalue weighted by molar-refractivity contribution is 5.45. The molecular formula is C13H21NO3.